The highest BCUT2D eigenvalue weighted by molar-refractivity contribution is 5.38. The van der Waals surface area contributed by atoms with Crippen LogP contribution in [-0.2, 0) is 6.42 Å². The lowest BCUT2D eigenvalue weighted by atomic mass is 9.91. The molecule has 0 amide bonds. The third-order valence-electron chi connectivity index (χ3n) is 3.55. The van der Waals surface area contributed by atoms with Gasteiger partial charge in [-0.15, -0.1) is 0 Å². The molecule has 106 valence electrons. The van der Waals surface area contributed by atoms with Gasteiger partial charge in [0, 0.05) is 5.92 Å². The molecule has 2 N–H and O–H groups in total. The van der Waals surface area contributed by atoms with Crippen LogP contribution in [0, 0.1) is 12.7 Å². The second kappa shape index (κ2) is 6.53. The zero-order valence-corrected chi connectivity index (χ0v) is 11.9. The van der Waals surface area contributed by atoms with Crippen molar-refractivity contribution in [2.45, 2.75) is 19.3 Å². The maximum Gasteiger partial charge on any atom is 0.123 e. The summed E-state index contributed by atoms with van der Waals surface area (Å²) in [5.74, 6) is 0.848. The van der Waals surface area contributed by atoms with Crippen LogP contribution in [0.5, 0.6) is 5.75 Å². The Balaban J connectivity index is 2.22. The zero-order valence-electron chi connectivity index (χ0n) is 11.9. The Kier molecular flexibility index (Phi) is 4.74. The van der Waals surface area contributed by atoms with E-state index in [-0.39, 0.29) is 11.7 Å². The summed E-state index contributed by atoms with van der Waals surface area (Å²) in [6.07, 6.45) is 0.736. The third-order valence-corrected chi connectivity index (χ3v) is 3.55. The number of aryl methyl sites for hydroxylation is 1. The molecule has 0 saturated heterocycles. The van der Waals surface area contributed by atoms with Crippen LogP contribution in [0.3, 0.4) is 0 Å². The van der Waals surface area contributed by atoms with Crippen molar-refractivity contribution < 1.29 is 9.13 Å². The Morgan fingerprint density at radius 3 is 2.60 bits per heavy atom. The van der Waals surface area contributed by atoms with Crippen molar-refractivity contribution in [2.75, 3.05) is 13.7 Å². The first-order valence-electron chi connectivity index (χ1n) is 6.73. The number of hydrogen-bond donors (Lipinski definition) is 1. The van der Waals surface area contributed by atoms with E-state index >= 15 is 0 Å². The van der Waals surface area contributed by atoms with E-state index in [2.05, 4.69) is 6.07 Å². The highest BCUT2D eigenvalue weighted by Crippen LogP contribution is 2.25. The molecule has 0 radical (unpaired) electrons. The molecule has 0 aliphatic carbocycles. The molecule has 0 saturated carbocycles. The molecule has 20 heavy (non-hydrogen) atoms. The van der Waals surface area contributed by atoms with Crippen molar-refractivity contribution in [1.82, 2.24) is 0 Å². The van der Waals surface area contributed by atoms with Crippen LogP contribution < -0.4 is 10.5 Å². The summed E-state index contributed by atoms with van der Waals surface area (Å²) >= 11 is 0. The van der Waals surface area contributed by atoms with E-state index in [0.717, 1.165) is 28.9 Å². The summed E-state index contributed by atoms with van der Waals surface area (Å²) in [5.41, 5.74) is 9.10. The summed E-state index contributed by atoms with van der Waals surface area (Å²) in [7, 11) is 1.66. The molecule has 2 nitrogen and oxygen atoms in total. The molecule has 1 unspecified atom stereocenters. The van der Waals surface area contributed by atoms with Gasteiger partial charge in [0.15, 0.2) is 0 Å². The molecule has 2 rings (SSSR count). The van der Waals surface area contributed by atoms with Crippen molar-refractivity contribution >= 4 is 0 Å². The first-order chi connectivity index (χ1) is 9.63. The summed E-state index contributed by atoms with van der Waals surface area (Å²) in [5, 5.41) is 0. The van der Waals surface area contributed by atoms with Gasteiger partial charge in [-0.1, -0.05) is 24.3 Å². The fourth-order valence-electron chi connectivity index (χ4n) is 2.44. The van der Waals surface area contributed by atoms with Crippen molar-refractivity contribution in [3.05, 3.63) is 65.0 Å². The number of rotatable bonds is 5. The quantitative estimate of drug-likeness (QED) is 0.906. The van der Waals surface area contributed by atoms with E-state index in [0.29, 0.717) is 6.54 Å². The lowest BCUT2D eigenvalue weighted by Crippen LogP contribution is -2.15. The van der Waals surface area contributed by atoms with Crippen molar-refractivity contribution in [1.29, 1.82) is 0 Å². The lowest BCUT2D eigenvalue weighted by Gasteiger charge is -2.17. The standard InChI is InChI=1S/C17H20FNO/c1-12-8-14(6-7-17(12)20-2)15(11-19)9-13-4-3-5-16(18)10-13/h3-8,10,15H,9,11,19H2,1-2H3. The van der Waals surface area contributed by atoms with Gasteiger partial charge in [-0.25, -0.2) is 4.39 Å². The number of halogens is 1. The van der Waals surface area contributed by atoms with Crippen LogP contribution >= 0.6 is 0 Å². The number of methoxy groups -OCH3 is 1. The maximum atomic E-state index is 13.2. The van der Waals surface area contributed by atoms with Gasteiger partial charge < -0.3 is 10.5 Å². The Morgan fingerprint density at radius 2 is 2.00 bits per heavy atom. The Labute approximate surface area is 119 Å². The summed E-state index contributed by atoms with van der Waals surface area (Å²) in [4.78, 5) is 0. The van der Waals surface area contributed by atoms with Crippen LogP contribution in [0.2, 0.25) is 0 Å². The summed E-state index contributed by atoms with van der Waals surface area (Å²) in [6, 6.07) is 12.8. The lowest BCUT2D eigenvalue weighted by molar-refractivity contribution is 0.411. The molecule has 0 spiro atoms. The molecule has 2 aromatic carbocycles. The van der Waals surface area contributed by atoms with Gasteiger partial charge in [0.25, 0.3) is 0 Å². The normalized spacial score (nSPS) is 12.2. The Bertz CT molecular complexity index is 583. The molecule has 0 heterocycles. The fourth-order valence-corrected chi connectivity index (χ4v) is 2.44. The average Bonchev–Trinajstić information content (AvgIpc) is 2.44. The predicted octanol–water partition coefficient (Wildman–Crippen LogP) is 3.43. The second-order valence-electron chi connectivity index (χ2n) is 5.00. The molecule has 3 heteroatoms. The second-order valence-corrected chi connectivity index (χ2v) is 5.00. The topological polar surface area (TPSA) is 35.2 Å². The number of ether oxygens (including phenoxy) is 1. The Hall–Kier alpha value is -1.87. The van der Waals surface area contributed by atoms with E-state index < -0.39 is 0 Å². The molecule has 0 aliphatic rings. The van der Waals surface area contributed by atoms with E-state index in [9.17, 15) is 4.39 Å². The monoisotopic (exact) mass is 273 g/mol. The van der Waals surface area contributed by atoms with Gasteiger partial charge in [0.2, 0.25) is 0 Å². The van der Waals surface area contributed by atoms with Gasteiger partial charge in [0.05, 0.1) is 7.11 Å². The van der Waals surface area contributed by atoms with E-state index in [1.54, 1.807) is 19.2 Å². The third kappa shape index (κ3) is 3.36. The van der Waals surface area contributed by atoms with Crippen LogP contribution in [0.25, 0.3) is 0 Å². The highest BCUT2D eigenvalue weighted by Gasteiger charge is 2.12. The molecule has 0 aromatic heterocycles. The molecule has 1 atom stereocenters. The number of benzene rings is 2. The highest BCUT2D eigenvalue weighted by atomic mass is 19.1. The molecule has 0 bridgehead atoms. The minimum Gasteiger partial charge on any atom is -0.496 e. The fraction of sp³-hybridized carbons (Fsp3) is 0.294. The van der Waals surface area contributed by atoms with Gasteiger partial charge in [-0.3, -0.25) is 0 Å². The van der Waals surface area contributed by atoms with E-state index in [1.807, 2.05) is 25.1 Å². The van der Waals surface area contributed by atoms with E-state index in [4.69, 9.17) is 10.5 Å². The first kappa shape index (κ1) is 14.5. The minimum atomic E-state index is -0.204. The molecule has 0 aliphatic heterocycles. The van der Waals surface area contributed by atoms with Crippen LogP contribution in [0.15, 0.2) is 42.5 Å². The Morgan fingerprint density at radius 1 is 1.20 bits per heavy atom. The molecule has 2 aromatic rings. The van der Waals surface area contributed by atoms with Gasteiger partial charge in [-0.05, 0) is 54.8 Å². The predicted molar refractivity (Wildman–Crippen MR) is 79.6 cm³/mol. The summed E-state index contributed by atoms with van der Waals surface area (Å²) < 4.78 is 18.5. The maximum absolute atomic E-state index is 13.2. The average molecular weight is 273 g/mol. The summed E-state index contributed by atoms with van der Waals surface area (Å²) in [6.45, 7) is 2.54. The zero-order chi connectivity index (χ0) is 14.5. The van der Waals surface area contributed by atoms with Gasteiger partial charge in [-0.2, -0.15) is 0 Å². The molecular formula is C17H20FNO. The largest absolute Gasteiger partial charge is 0.496 e. The number of hydrogen-bond acceptors (Lipinski definition) is 2. The van der Waals surface area contributed by atoms with Crippen molar-refractivity contribution in [2.24, 2.45) is 5.73 Å². The van der Waals surface area contributed by atoms with Crippen molar-refractivity contribution in [3.63, 3.8) is 0 Å². The first-order valence-corrected chi connectivity index (χ1v) is 6.73. The SMILES string of the molecule is COc1ccc(C(CN)Cc2cccc(F)c2)cc1C. The van der Waals surface area contributed by atoms with Crippen LogP contribution in [-0.4, -0.2) is 13.7 Å². The molecular weight excluding hydrogens is 253 g/mol. The van der Waals surface area contributed by atoms with Crippen LogP contribution in [0.1, 0.15) is 22.6 Å². The molecule has 0 fully saturated rings. The smallest absolute Gasteiger partial charge is 0.123 e. The number of nitrogens with two attached hydrogens (primary N) is 1. The van der Waals surface area contributed by atoms with Gasteiger partial charge >= 0.3 is 0 Å². The van der Waals surface area contributed by atoms with Crippen LogP contribution in [0.4, 0.5) is 4.39 Å². The van der Waals surface area contributed by atoms with Gasteiger partial charge in [0.1, 0.15) is 11.6 Å². The van der Waals surface area contributed by atoms with E-state index in [1.165, 1.54) is 6.07 Å². The van der Waals surface area contributed by atoms with Crippen molar-refractivity contribution in [3.8, 4) is 5.75 Å². The minimum absolute atomic E-state index is 0.182.